The molecule has 0 fully saturated rings. The summed E-state index contributed by atoms with van der Waals surface area (Å²) in [6.07, 6.45) is 4.37. The van der Waals surface area contributed by atoms with Crippen molar-refractivity contribution < 1.29 is 9.53 Å². The van der Waals surface area contributed by atoms with Crippen LogP contribution in [0, 0.1) is 0 Å². The average molecular weight is 351 g/mol. The molecule has 1 aromatic carbocycles. The zero-order chi connectivity index (χ0) is 18.4. The van der Waals surface area contributed by atoms with Crippen LogP contribution >= 0.6 is 0 Å². The first-order valence-corrected chi connectivity index (χ1v) is 7.66. The highest BCUT2D eigenvalue weighted by molar-refractivity contribution is 5.94. The van der Waals surface area contributed by atoms with Crippen molar-refractivity contribution in [2.45, 2.75) is 0 Å². The van der Waals surface area contributed by atoms with E-state index in [2.05, 4.69) is 31.1 Å². The van der Waals surface area contributed by atoms with Crippen LogP contribution in [0.2, 0.25) is 0 Å². The number of ether oxygens (including phenoxy) is 1. The number of hydrogen-bond acceptors (Lipinski definition) is 8. The van der Waals surface area contributed by atoms with Crippen molar-refractivity contribution >= 4 is 28.9 Å². The number of nitrogen functional groups attached to an aromatic ring is 1. The number of methoxy groups -OCH3 is 1. The normalized spacial score (nSPS) is 10.0. The molecular formula is C17H17N7O2. The number of nitrogens with two attached hydrogens (primary N) is 1. The van der Waals surface area contributed by atoms with Crippen molar-refractivity contribution in [2.75, 3.05) is 23.6 Å². The number of nitrogens with one attached hydrogen (secondary N) is 3. The van der Waals surface area contributed by atoms with Gasteiger partial charge >= 0.3 is 0 Å². The van der Waals surface area contributed by atoms with Gasteiger partial charge in [-0.2, -0.15) is 0 Å². The molecule has 0 radical (unpaired) electrons. The van der Waals surface area contributed by atoms with Crippen LogP contribution < -0.4 is 26.6 Å². The molecule has 132 valence electrons. The van der Waals surface area contributed by atoms with Gasteiger partial charge in [-0.3, -0.25) is 20.6 Å². The number of benzene rings is 1. The number of amides is 1. The lowest BCUT2D eigenvalue weighted by molar-refractivity contribution is 0.0962. The van der Waals surface area contributed by atoms with Crippen LogP contribution in [-0.2, 0) is 0 Å². The van der Waals surface area contributed by atoms with Crippen molar-refractivity contribution in [1.29, 1.82) is 0 Å². The molecule has 0 atom stereocenters. The van der Waals surface area contributed by atoms with Crippen molar-refractivity contribution in [3.8, 4) is 5.75 Å². The van der Waals surface area contributed by atoms with E-state index in [0.717, 1.165) is 0 Å². The van der Waals surface area contributed by atoms with Gasteiger partial charge in [0.25, 0.3) is 5.91 Å². The molecule has 2 aromatic heterocycles. The number of carbonyl (C=O) groups is 1. The summed E-state index contributed by atoms with van der Waals surface area (Å²) in [4.78, 5) is 24.1. The lowest BCUT2D eigenvalue weighted by Gasteiger charge is -2.14. The Morgan fingerprint density at radius 1 is 1.12 bits per heavy atom. The number of hydrogen-bond donors (Lipinski definition) is 4. The Morgan fingerprint density at radius 3 is 2.69 bits per heavy atom. The van der Waals surface area contributed by atoms with Crippen molar-refractivity contribution in [2.24, 2.45) is 0 Å². The van der Waals surface area contributed by atoms with E-state index < -0.39 is 0 Å². The van der Waals surface area contributed by atoms with E-state index in [4.69, 9.17) is 10.5 Å². The number of carbonyl (C=O) groups excluding carboxylic acids is 1. The van der Waals surface area contributed by atoms with Gasteiger partial charge < -0.3 is 15.8 Å². The standard InChI is InChI=1S/C17H17N7O2/c1-26-13-7-3-2-6-12(13)22-15-14(18)16(21-10-20-15)23-24-17(25)11-5-4-8-19-9-11/h2-10H,18H2,1H3,(H,24,25)(H2,20,21,22,23). The number of rotatable bonds is 6. The molecule has 2 heterocycles. The first-order chi connectivity index (χ1) is 12.7. The second kappa shape index (κ2) is 7.79. The minimum atomic E-state index is -0.365. The van der Waals surface area contributed by atoms with E-state index in [9.17, 15) is 4.79 Å². The molecule has 9 heteroatoms. The van der Waals surface area contributed by atoms with Crippen molar-refractivity contribution in [1.82, 2.24) is 20.4 Å². The Hall–Kier alpha value is -3.88. The fourth-order valence-electron chi connectivity index (χ4n) is 2.16. The van der Waals surface area contributed by atoms with Gasteiger partial charge in [0.1, 0.15) is 17.8 Å². The Balaban J connectivity index is 1.74. The first-order valence-electron chi connectivity index (χ1n) is 7.66. The SMILES string of the molecule is COc1ccccc1Nc1ncnc(NNC(=O)c2cccnc2)c1N. The largest absolute Gasteiger partial charge is 0.495 e. The summed E-state index contributed by atoms with van der Waals surface area (Å²) in [6.45, 7) is 0. The third kappa shape index (κ3) is 3.78. The molecule has 1 amide bonds. The minimum absolute atomic E-state index is 0.241. The highest BCUT2D eigenvalue weighted by atomic mass is 16.5. The Kier molecular flexibility index (Phi) is 5.08. The second-order valence-corrected chi connectivity index (χ2v) is 5.13. The summed E-state index contributed by atoms with van der Waals surface area (Å²) in [7, 11) is 1.57. The molecule has 3 aromatic rings. The van der Waals surface area contributed by atoms with Crippen LogP contribution in [0.15, 0.2) is 55.1 Å². The highest BCUT2D eigenvalue weighted by Gasteiger charge is 2.12. The summed E-state index contributed by atoms with van der Waals surface area (Å²) in [5.41, 5.74) is 12.6. The summed E-state index contributed by atoms with van der Waals surface area (Å²) in [5, 5.41) is 3.09. The Morgan fingerprint density at radius 2 is 1.92 bits per heavy atom. The maximum Gasteiger partial charge on any atom is 0.271 e. The summed E-state index contributed by atoms with van der Waals surface area (Å²) >= 11 is 0. The van der Waals surface area contributed by atoms with E-state index in [1.165, 1.54) is 12.5 Å². The fourth-order valence-corrected chi connectivity index (χ4v) is 2.16. The molecule has 3 rings (SSSR count). The predicted molar refractivity (Wildman–Crippen MR) is 98.0 cm³/mol. The van der Waals surface area contributed by atoms with Gasteiger partial charge in [0.15, 0.2) is 11.6 Å². The van der Waals surface area contributed by atoms with Crippen molar-refractivity contribution in [3.63, 3.8) is 0 Å². The van der Waals surface area contributed by atoms with E-state index in [1.54, 1.807) is 25.4 Å². The van der Waals surface area contributed by atoms with E-state index >= 15 is 0 Å². The molecule has 0 unspecified atom stereocenters. The maximum absolute atomic E-state index is 12.1. The number of hydrazine groups is 1. The first kappa shape index (κ1) is 17.0. The number of pyridine rings is 1. The molecule has 5 N–H and O–H groups in total. The summed E-state index contributed by atoms with van der Waals surface area (Å²) in [5.74, 6) is 0.914. The van der Waals surface area contributed by atoms with Gasteiger partial charge in [0.05, 0.1) is 18.4 Å². The molecule has 0 saturated carbocycles. The zero-order valence-corrected chi connectivity index (χ0v) is 13.9. The van der Waals surface area contributed by atoms with Gasteiger partial charge in [-0.25, -0.2) is 9.97 Å². The number of aromatic nitrogens is 3. The topological polar surface area (TPSA) is 127 Å². The molecule has 0 spiro atoms. The fraction of sp³-hybridized carbons (Fsp3) is 0.0588. The number of para-hydroxylation sites is 2. The average Bonchev–Trinajstić information content (AvgIpc) is 2.69. The molecule has 0 aliphatic carbocycles. The van der Waals surface area contributed by atoms with Crippen molar-refractivity contribution in [3.05, 3.63) is 60.7 Å². The van der Waals surface area contributed by atoms with E-state index in [0.29, 0.717) is 22.8 Å². The van der Waals surface area contributed by atoms with E-state index in [-0.39, 0.29) is 17.4 Å². The van der Waals surface area contributed by atoms with Crippen LogP contribution in [-0.4, -0.2) is 28.0 Å². The summed E-state index contributed by atoms with van der Waals surface area (Å²) < 4.78 is 5.29. The van der Waals surface area contributed by atoms with Crippen LogP contribution in [0.5, 0.6) is 5.75 Å². The van der Waals surface area contributed by atoms with Crippen LogP contribution in [0.1, 0.15) is 10.4 Å². The monoisotopic (exact) mass is 351 g/mol. The predicted octanol–water partition coefficient (Wildman–Crippen LogP) is 1.96. The van der Waals surface area contributed by atoms with Gasteiger partial charge in [-0.15, -0.1) is 0 Å². The molecular weight excluding hydrogens is 334 g/mol. The van der Waals surface area contributed by atoms with Gasteiger partial charge in [0, 0.05) is 12.4 Å². The molecule has 0 saturated heterocycles. The molecule has 26 heavy (non-hydrogen) atoms. The second-order valence-electron chi connectivity index (χ2n) is 5.13. The smallest absolute Gasteiger partial charge is 0.271 e. The summed E-state index contributed by atoms with van der Waals surface area (Å²) in [6, 6.07) is 10.7. The molecule has 0 aliphatic rings. The quantitative estimate of drug-likeness (QED) is 0.496. The van der Waals surface area contributed by atoms with Gasteiger partial charge in [-0.05, 0) is 24.3 Å². The van der Waals surface area contributed by atoms with Gasteiger partial charge in [-0.1, -0.05) is 12.1 Å². The zero-order valence-electron chi connectivity index (χ0n) is 13.9. The molecule has 0 bridgehead atoms. The lowest BCUT2D eigenvalue weighted by atomic mass is 10.3. The molecule has 9 nitrogen and oxygen atoms in total. The number of nitrogens with zero attached hydrogens (tertiary/aromatic N) is 3. The third-order valence-electron chi connectivity index (χ3n) is 3.46. The Labute approximate surface area is 149 Å². The van der Waals surface area contributed by atoms with Crippen LogP contribution in [0.3, 0.4) is 0 Å². The molecule has 0 aliphatic heterocycles. The third-order valence-corrected chi connectivity index (χ3v) is 3.46. The van der Waals surface area contributed by atoms with Crippen LogP contribution in [0.25, 0.3) is 0 Å². The van der Waals surface area contributed by atoms with Crippen LogP contribution in [0.4, 0.5) is 23.0 Å². The lowest BCUT2D eigenvalue weighted by Crippen LogP contribution is -2.30. The maximum atomic E-state index is 12.1. The van der Waals surface area contributed by atoms with E-state index in [1.807, 2.05) is 24.3 Å². The Bertz CT molecular complexity index is 903. The van der Waals surface area contributed by atoms with Gasteiger partial charge in [0.2, 0.25) is 0 Å². The highest BCUT2D eigenvalue weighted by Crippen LogP contribution is 2.30. The number of anilines is 4. The minimum Gasteiger partial charge on any atom is -0.495 e.